The first kappa shape index (κ1) is 17.0. The summed E-state index contributed by atoms with van der Waals surface area (Å²) in [5.41, 5.74) is -0.0830. The molecule has 2 N–H and O–H groups in total. The van der Waals surface area contributed by atoms with Crippen LogP contribution in [0.3, 0.4) is 0 Å². The molecule has 6 nitrogen and oxygen atoms in total. The van der Waals surface area contributed by atoms with Gasteiger partial charge < -0.3 is 15.2 Å². The molecule has 0 aliphatic rings. The number of nitro benzene ring substituents is 1. The van der Waals surface area contributed by atoms with Crippen molar-refractivity contribution in [2.45, 2.75) is 25.6 Å². The fourth-order valence-electron chi connectivity index (χ4n) is 1.43. The maximum absolute atomic E-state index is 12.2. The Morgan fingerprint density at radius 3 is 2.67 bits per heavy atom. The fourth-order valence-corrected chi connectivity index (χ4v) is 1.43. The number of hydrogen-bond acceptors (Lipinski definition) is 5. The van der Waals surface area contributed by atoms with Crippen LogP contribution in [0.5, 0.6) is 5.75 Å². The number of ether oxygens (including phenoxy) is 1. The number of nitrogens with zero attached hydrogens (tertiary/aromatic N) is 1. The number of aliphatic hydroxyl groups excluding tert-OH is 1. The third-order valence-electron chi connectivity index (χ3n) is 2.50. The number of nitrogens with one attached hydrogen (secondary N) is 1. The molecule has 9 heteroatoms. The topological polar surface area (TPSA) is 84.6 Å². The number of hydrogen-bond donors (Lipinski definition) is 2. The summed E-state index contributed by atoms with van der Waals surface area (Å²) in [6.45, 7) is 1.30. The van der Waals surface area contributed by atoms with Crippen molar-refractivity contribution in [1.29, 1.82) is 0 Å². The van der Waals surface area contributed by atoms with Crippen molar-refractivity contribution in [1.82, 2.24) is 0 Å². The molecule has 118 valence electrons. The van der Waals surface area contributed by atoms with Crippen LogP contribution in [0.25, 0.3) is 0 Å². The van der Waals surface area contributed by atoms with Gasteiger partial charge in [0.1, 0.15) is 0 Å². The molecule has 0 saturated carbocycles. The summed E-state index contributed by atoms with van der Waals surface area (Å²) in [7, 11) is 0. The fraction of sp³-hybridized carbons (Fsp3) is 0.500. The van der Waals surface area contributed by atoms with Crippen molar-refractivity contribution in [3.8, 4) is 5.75 Å². The predicted molar refractivity (Wildman–Crippen MR) is 69.4 cm³/mol. The smallest absolute Gasteiger partial charge is 0.416 e. The number of aliphatic hydroxyl groups is 1. The molecule has 0 bridgehead atoms. The van der Waals surface area contributed by atoms with Crippen LogP contribution in [0.2, 0.25) is 0 Å². The summed E-state index contributed by atoms with van der Waals surface area (Å²) < 4.78 is 41.7. The molecule has 1 aromatic carbocycles. The number of anilines is 1. The maximum atomic E-state index is 12.2. The highest BCUT2D eigenvalue weighted by molar-refractivity contribution is 5.58. The van der Waals surface area contributed by atoms with Crippen LogP contribution < -0.4 is 10.1 Å². The highest BCUT2D eigenvalue weighted by Crippen LogP contribution is 2.30. The first-order valence-electron chi connectivity index (χ1n) is 6.15. The second kappa shape index (κ2) is 7.11. The zero-order chi connectivity index (χ0) is 16.0. The lowest BCUT2D eigenvalue weighted by Crippen LogP contribution is -2.34. The average molecular weight is 308 g/mol. The Morgan fingerprint density at radius 1 is 1.48 bits per heavy atom. The van der Waals surface area contributed by atoms with Crippen molar-refractivity contribution in [2.75, 3.05) is 18.5 Å². The molecule has 1 aromatic rings. The van der Waals surface area contributed by atoms with Crippen LogP contribution in [0.4, 0.5) is 24.5 Å². The zero-order valence-electron chi connectivity index (χ0n) is 11.2. The summed E-state index contributed by atoms with van der Waals surface area (Å²) in [6.07, 6.45) is -6.62. The van der Waals surface area contributed by atoms with E-state index < -0.39 is 23.7 Å². The Kier molecular flexibility index (Phi) is 5.77. The van der Waals surface area contributed by atoms with Crippen LogP contribution in [0, 0.1) is 10.1 Å². The van der Waals surface area contributed by atoms with Crippen molar-refractivity contribution in [2.24, 2.45) is 0 Å². The second-order valence-electron chi connectivity index (χ2n) is 4.23. The molecule has 1 rings (SSSR count). The molecule has 21 heavy (non-hydrogen) atoms. The van der Waals surface area contributed by atoms with E-state index >= 15 is 0 Å². The van der Waals surface area contributed by atoms with E-state index in [2.05, 4.69) is 5.32 Å². The Balaban J connectivity index is 2.82. The minimum Gasteiger partial charge on any atom is -0.487 e. The van der Waals surface area contributed by atoms with Gasteiger partial charge in [-0.05, 0) is 12.5 Å². The standard InChI is InChI=1S/C12H15F3N2O4/c1-2-5-21-10-6-8(3-4-9(10)17(19)20)16-7-11(18)12(13,14)15/h3-4,6,11,16,18H,2,5,7H2,1H3. The van der Waals surface area contributed by atoms with Crippen molar-refractivity contribution in [3.05, 3.63) is 28.3 Å². The lowest BCUT2D eigenvalue weighted by molar-refractivity contribution is -0.385. The molecule has 0 radical (unpaired) electrons. The SMILES string of the molecule is CCCOc1cc(NCC(O)C(F)(F)F)ccc1[N+](=O)[O-]. The van der Waals surface area contributed by atoms with Crippen LogP contribution >= 0.6 is 0 Å². The number of halogens is 3. The summed E-state index contributed by atoms with van der Waals surface area (Å²) in [5, 5.41) is 22.0. The highest BCUT2D eigenvalue weighted by atomic mass is 19.4. The number of benzene rings is 1. The van der Waals surface area contributed by atoms with Crippen LogP contribution in [0.1, 0.15) is 13.3 Å². The third kappa shape index (κ3) is 5.10. The largest absolute Gasteiger partial charge is 0.487 e. The molecule has 0 amide bonds. The molecular formula is C12H15F3N2O4. The number of alkyl halides is 3. The van der Waals surface area contributed by atoms with Crippen LogP contribution in [-0.2, 0) is 0 Å². The molecule has 0 aromatic heterocycles. The Bertz CT molecular complexity index is 494. The molecule has 0 heterocycles. The summed E-state index contributed by atoms with van der Waals surface area (Å²) in [4.78, 5) is 10.2. The monoisotopic (exact) mass is 308 g/mol. The minimum absolute atomic E-state index is 0.0339. The average Bonchev–Trinajstić information content (AvgIpc) is 2.41. The van der Waals surface area contributed by atoms with Gasteiger partial charge in [-0.25, -0.2) is 0 Å². The van der Waals surface area contributed by atoms with E-state index in [-0.39, 0.29) is 23.7 Å². The molecule has 0 fully saturated rings. The molecule has 1 unspecified atom stereocenters. The van der Waals surface area contributed by atoms with E-state index in [0.717, 1.165) is 6.07 Å². The van der Waals surface area contributed by atoms with Gasteiger partial charge in [-0.15, -0.1) is 0 Å². The summed E-state index contributed by atoms with van der Waals surface area (Å²) in [6, 6.07) is 3.62. The summed E-state index contributed by atoms with van der Waals surface area (Å²) in [5.74, 6) is -0.0339. The van der Waals surface area contributed by atoms with Gasteiger partial charge in [0, 0.05) is 24.4 Å². The van der Waals surface area contributed by atoms with Crippen molar-refractivity contribution < 1.29 is 27.9 Å². The van der Waals surface area contributed by atoms with E-state index in [1.165, 1.54) is 12.1 Å². The lowest BCUT2D eigenvalue weighted by atomic mass is 10.2. The normalized spacial score (nSPS) is 12.8. The Hall–Kier alpha value is -2.03. The van der Waals surface area contributed by atoms with E-state index in [1.807, 2.05) is 6.92 Å². The van der Waals surface area contributed by atoms with E-state index in [9.17, 15) is 23.3 Å². The minimum atomic E-state index is -4.73. The Labute approximate surface area is 118 Å². The van der Waals surface area contributed by atoms with Gasteiger partial charge in [0.25, 0.3) is 0 Å². The van der Waals surface area contributed by atoms with Gasteiger partial charge in [0.05, 0.1) is 11.5 Å². The van der Waals surface area contributed by atoms with Gasteiger partial charge in [-0.2, -0.15) is 13.2 Å². The third-order valence-corrected chi connectivity index (χ3v) is 2.50. The van der Waals surface area contributed by atoms with Gasteiger partial charge in [-0.3, -0.25) is 10.1 Å². The summed E-state index contributed by atoms with van der Waals surface area (Å²) >= 11 is 0. The highest BCUT2D eigenvalue weighted by Gasteiger charge is 2.37. The van der Waals surface area contributed by atoms with Gasteiger partial charge in [0.15, 0.2) is 11.9 Å². The van der Waals surface area contributed by atoms with Crippen molar-refractivity contribution >= 4 is 11.4 Å². The van der Waals surface area contributed by atoms with E-state index in [0.29, 0.717) is 6.42 Å². The van der Waals surface area contributed by atoms with Crippen molar-refractivity contribution in [3.63, 3.8) is 0 Å². The maximum Gasteiger partial charge on any atom is 0.416 e. The molecule has 0 aliphatic carbocycles. The number of nitro groups is 1. The van der Waals surface area contributed by atoms with Crippen LogP contribution in [-0.4, -0.2) is 35.5 Å². The molecule has 1 atom stereocenters. The predicted octanol–water partition coefficient (Wildman–Crippen LogP) is 2.72. The van der Waals surface area contributed by atoms with E-state index in [4.69, 9.17) is 9.84 Å². The lowest BCUT2D eigenvalue weighted by Gasteiger charge is -2.16. The van der Waals surface area contributed by atoms with Crippen LogP contribution in [0.15, 0.2) is 18.2 Å². The second-order valence-corrected chi connectivity index (χ2v) is 4.23. The van der Waals surface area contributed by atoms with E-state index in [1.54, 1.807) is 0 Å². The molecule has 0 spiro atoms. The van der Waals surface area contributed by atoms with Gasteiger partial charge >= 0.3 is 11.9 Å². The quantitative estimate of drug-likeness (QED) is 0.597. The number of rotatable bonds is 7. The molecule has 0 saturated heterocycles. The van der Waals surface area contributed by atoms with Gasteiger partial charge in [0.2, 0.25) is 0 Å². The van der Waals surface area contributed by atoms with Gasteiger partial charge in [-0.1, -0.05) is 6.92 Å². The zero-order valence-corrected chi connectivity index (χ0v) is 11.2. The first-order valence-corrected chi connectivity index (χ1v) is 6.15. The molecular weight excluding hydrogens is 293 g/mol. The first-order chi connectivity index (χ1) is 9.75. The Morgan fingerprint density at radius 2 is 2.14 bits per heavy atom. The molecule has 0 aliphatic heterocycles.